The summed E-state index contributed by atoms with van der Waals surface area (Å²) in [5.74, 6) is 1.58. The number of nitrogens with zero attached hydrogens (tertiary/aromatic N) is 1. The van der Waals surface area contributed by atoms with Crippen LogP contribution >= 0.6 is 23.1 Å². The second-order valence-corrected chi connectivity index (χ2v) is 6.73. The van der Waals surface area contributed by atoms with E-state index in [1.54, 1.807) is 6.92 Å². The van der Waals surface area contributed by atoms with Gasteiger partial charge >= 0.3 is 5.97 Å². The summed E-state index contributed by atoms with van der Waals surface area (Å²) in [7, 11) is 0. The maximum Gasteiger partial charge on any atom is 0.358 e. The summed E-state index contributed by atoms with van der Waals surface area (Å²) in [6.07, 6.45) is 2.16. The molecule has 0 aromatic carbocycles. The Balaban J connectivity index is 2.15. The Morgan fingerprint density at radius 2 is 2.10 bits per heavy atom. The van der Waals surface area contributed by atoms with Crippen LogP contribution in [0.3, 0.4) is 0 Å². The lowest BCUT2D eigenvalue weighted by atomic mass is 10.2. The number of carbonyl (C=O) groups excluding carboxylic acids is 2. The van der Waals surface area contributed by atoms with Gasteiger partial charge in [0, 0.05) is 13.0 Å². The maximum absolute atomic E-state index is 11.8. The third-order valence-corrected chi connectivity index (χ3v) is 5.10. The molecule has 0 amide bonds. The number of thioether (sulfide) groups is 1. The van der Waals surface area contributed by atoms with Gasteiger partial charge in [-0.3, -0.25) is 4.79 Å². The molecule has 0 aliphatic carbocycles. The first-order valence-corrected chi connectivity index (χ1v) is 8.62. The predicted octanol–water partition coefficient (Wildman–Crippen LogP) is 2.83. The SMILES string of the molecule is CCOC(=O)c1nc(NC2CCSCC2)sc1C(C)=O. The molecule has 2 rings (SSSR count). The van der Waals surface area contributed by atoms with E-state index >= 15 is 0 Å². The minimum Gasteiger partial charge on any atom is -0.461 e. The van der Waals surface area contributed by atoms with E-state index in [4.69, 9.17) is 4.74 Å². The summed E-state index contributed by atoms with van der Waals surface area (Å²) >= 11 is 3.18. The second kappa shape index (κ2) is 7.08. The second-order valence-electron chi connectivity index (χ2n) is 4.50. The lowest BCUT2D eigenvalue weighted by molar-refractivity contribution is 0.0517. The fourth-order valence-electron chi connectivity index (χ4n) is 1.97. The molecule has 20 heavy (non-hydrogen) atoms. The zero-order chi connectivity index (χ0) is 14.5. The minimum absolute atomic E-state index is 0.136. The third kappa shape index (κ3) is 3.73. The van der Waals surface area contributed by atoms with Crippen molar-refractivity contribution in [1.82, 2.24) is 4.98 Å². The van der Waals surface area contributed by atoms with Gasteiger partial charge in [-0.25, -0.2) is 9.78 Å². The molecule has 1 aliphatic rings. The average Bonchev–Trinajstić information content (AvgIpc) is 2.84. The largest absolute Gasteiger partial charge is 0.461 e. The van der Waals surface area contributed by atoms with Crippen LogP contribution in [0.15, 0.2) is 0 Å². The van der Waals surface area contributed by atoms with Gasteiger partial charge in [-0.2, -0.15) is 11.8 Å². The Morgan fingerprint density at radius 3 is 2.70 bits per heavy atom. The number of ketones is 1. The van der Waals surface area contributed by atoms with Crippen molar-refractivity contribution >= 4 is 40.0 Å². The van der Waals surface area contributed by atoms with Gasteiger partial charge in [0.15, 0.2) is 16.6 Å². The number of hydrogen-bond acceptors (Lipinski definition) is 7. The van der Waals surface area contributed by atoms with Crippen LogP contribution in [0.25, 0.3) is 0 Å². The molecular formula is C13H18N2O3S2. The van der Waals surface area contributed by atoms with Crippen LogP contribution in [-0.2, 0) is 4.74 Å². The van der Waals surface area contributed by atoms with Crippen molar-refractivity contribution in [3.63, 3.8) is 0 Å². The molecule has 1 fully saturated rings. The van der Waals surface area contributed by atoms with Crippen LogP contribution in [0.4, 0.5) is 5.13 Å². The molecule has 0 spiro atoms. The molecule has 5 nitrogen and oxygen atoms in total. The Hall–Kier alpha value is -1.08. The number of Topliss-reactive ketones (excluding diaryl/α,β-unsaturated/α-hetero) is 1. The van der Waals surface area contributed by atoms with E-state index in [-0.39, 0.29) is 18.1 Å². The zero-order valence-corrected chi connectivity index (χ0v) is 13.2. The number of anilines is 1. The van der Waals surface area contributed by atoms with E-state index in [2.05, 4.69) is 10.3 Å². The molecule has 110 valence electrons. The summed E-state index contributed by atoms with van der Waals surface area (Å²) in [5, 5.41) is 3.96. The lowest BCUT2D eigenvalue weighted by Gasteiger charge is -2.21. The number of rotatable bonds is 5. The highest BCUT2D eigenvalue weighted by molar-refractivity contribution is 7.99. The van der Waals surface area contributed by atoms with Crippen molar-refractivity contribution in [3.05, 3.63) is 10.6 Å². The predicted molar refractivity (Wildman–Crippen MR) is 82.0 cm³/mol. The average molecular weight is 314 g/mol. The van der Waals surface area contributed by atoms with E-state index in [0.29, 0.717) is 16.1 Å². The number of aromatic nitrogens is 1. The Kier molecular flexibility index (Phi) is 5.42. The van der Waals surface area contributed by atoms with Crippen LogP contribution < -0.4 is 5.32 Å². The molecule has 0 saturated carbocycles. The van der Waals surface area contributed by atoms with Crippen molar-refractivity contribution < 1.29 is 14.3 Å². The fraction of sp³-hybridized carbons (Fsp3) is 0.615. The van der Waals surface area contributed by atoms with Gasteiger partial charge in [0.1, 0.15) is 4.88 Å². The Morgan fingerprint density at radius 1 is 1.40 bits per heavy atom. The fourth-order valence-corrected chi connectivity index (χ4v) is 4.01. The maximum atomic E-state index is 11.8. The minimum atomic E-state index is -0.527. The van der Waals surface area contributed by atoms with Crippen LogP contribution in [-0.4, -0.2) is 40.9 Å². The smallest absolute Gasteiger partial charge is 0.358 e. The number of esters is 1. The molecule has 7 heteroatoms. The summed E-state index contributed by atoms with van der Waals surface area (Å²) in [6, 6.07) is 0.372. The molecule has 1 saturated heterocycles. The standard InChI is InChI=1S/C13H18N2O3S2/c1-3-18-12(17)10-11(8(2)16)20-13(15-10)14-9-4-6-19-7-5-9/h9H,3-7H2,1-2H3,(H,14,15). The highest BCUT2D eigenvalue weighted by Gasteiger charge is 2.23. The molecule has 1 aromatic rings. The summed E-state index contributed by atoms with van der Waals surface area (Å²) in [4.78, 5) is 28.0. The van der Waals surface area contributed by atoms with Crippen molar-refractivity contribution in [2.45, 2.75) is 32.7 Å². The van der Waals surface area contributed by atoms with Crippen molar-refractivity contribution in [2.75, 3.05) is 23.4 Å². The third-order valence-electron chi connectivity index (χ3n) is 2.96. The van der Waals surface area contributed by atoms with E-state index in [0.717, 1.165) is 24.3 Å². The molecule has 1 aliphatic heterocycles. The van der Waals surface area contributed by atoms with Crippen LogP contribution in [0.1, 0.15) is 46.8 Å². The topological polar surface area (TPSA) is 68.3 Å². The van der Waals surface area contributed by atoms with E-state index in [9.17, 15) is 9.59 Å². The first-order valence-electron chi connectivity index (χ1n) is 6.65. The number of thiazole rings is 1. The molecule has 2 heterocycles. The van der Waals surface area contributed by atoms with Gasteiger partial charge < -0.3 is 10.1 Å². The van der Waals surface area contributed by atoms with Gasteiger partial charge in [-0.15, -0.1) is 0 Å². The summed E-state index contributed by atoms with van der Waals surface area (Å²) < 4.78 is 4.94. The first-order chi connectivity index (χ1) is 9.61. The Bertz CT molecular complexity index is 496. The van der Waals surface area contributed by atoms with Crippen LogP contribution in [0, 0.1) is 0 Å². The van der Waals surface area contributed by atoms with E-state index in [1.165, 1.54) is 18.3 Å². The molecular weight excluding hydrogens is 296 g/mol. The van der Waals surface area contributed by atoms with Gasteiger partial charge in [-0.1, -0.05) is 11.3 Å². The van der Waals surface area contributed by atoms with Gasteiger partial charge in [-0.05, 0) is 31.3 Å². The molecule has 0 unspecified atom stereocenters. The number of ether oxygens (including phenoxy) is 1. The number of carbonyl (C=O) groups is 2. The molecule has 0 atom stereocenters. The van der Waals surface area contributed by atoms with Crippen LogP contribution in [0.2, 0.25) is 0 Å². The van der Waals surface area contributed by atoms with E-state index < -0.39 is 5.97 Å². The van der Waals surface area contributed by atoms with Gasteiger partial charge in [0.05, 0.1) is 6.61 Å². The summed E-state index contributed by atoms with van der Waals surface area (Å²) in [6.45, 7) is 3.45. The summed E-state index contributed by atoms with van der Waals surface area (Å²) in [5.41, 5.74) is 0.136. The van der Waals surface area contributed by atoms with E-state index in [1.807, 2.05) is 11.8 Å². The highest BCUT2D eigenvalue weighted by Crippen LogP contribution is 2.27. The first kappa shape index (κ1) is 15.3. The highest BCUT2D eigenvalue weighted by atomic mass is 32.2. The zero-order valence-electron chi connectivity index (χ0n) is 11.6. The van der Waals surface area contributed by atoms with Crippen molar-refractivity contribution in [1.29, 1.82) is 0 Å². The van der Waals surface area contributed by atoms with Crippen molar-refractivity contribution in [3.8, 4) is 0 Å². The molecule has 0 bridgehead atoms. The lowest BCUT2D eigenvalue weighted by Crippen LogP contribution is -2.24. The molecule has 1 N–H and O–H groups in total. The monoisotopic (exact) mass is 314 g/mol. The van der Waals surface area contributed by atoms with Gasteiger partial charge in [0.2, 0.25) is 0 Å². The van der Waals surface area contributed by atoms with Crippen molar-refractivity contribution in [2.24, 2.45) is 0 Å². The number of hydrogen-bond donors (Lipinski definition) is 1. The van der Waals surface area contributed by atoms with Gasteiger partial charge in [0.25, 0.3) is 0 Å². The van der Waals surface area contributed by atoms with Crippen LogP contribution in [0.5, 0.6) is 0 Å². The Labute approximate surface area is 126 Å². The molecule has 0 radical (unpaired) electrons. The quantitative estimate of drug-likeness (QED) is 0.666. The molecule has 1 aromatic heterocycles. The number of nitrogens with one attached hydrogen (secondary N) is 1. The normalized spacial score (nSPS) is 15.9.